The molecule has 1 amide bonds. The third kappa shape index (κ3) is 5.24. The monoisotopic (exact) mass is 347 g/mol. The Labute approximate surface area is 137 Å². The van der Waals surface area contributed by atoms with Crippen molar-refractivity contribution in [1.82, 2.24) is 15.4 Å². The van der Waals surface area contributed by atoms with Gasteiger partial charge < -0.3 is 10.6 Å². The fraction of sp³-hybridized carbons (Fsp3) is 0.500. The number of nitrogens with one attached hydrogen (secondary N) is 3. The minimum absolute atomic E-state index is 0. The minimum atomic E-state index is -3.53. The Balaban J connectivity index is 0.00000242. The quantitative estimate of drug-likeness (QED) is 0.683. The second-order valence-electron chi connectivity index (χ2n) is 5.32. The van der Waals surface area contributed by atoms with Crippen LogP contribution in [0.1, 0.15) is 30.1 Å². The lowest BCUT2D eigenvalue weighted by atomic mass is 10.2. The van der Waals surface area contributed by atoms with E-state index in [9.17, 15) is 13.2 Å². The molecular weight excluding hydrogens is 326 g/mol. The van der Waals surface area contributed by atoms with Crippen LogP contribution in [0.3, 0.4) is 0 Å². The van der Waals surface area contributed by atoms with Crippen LogP contribution >= 0.6 is 12.4 Å². The Hall–Kier alpha value is -1.15. The van der Waals surface area contributed by atoms with E-state index in [1.165, 1.54) is 12.1 Å². The van der Waals surface area contributed by atoms with Crippen LogP contribution in [-0.2, 0) is 10.0 Å². The maximum atomic E-state index is 12.1. The fourth-order valence-corrected chi connectivity index (χ4v) is 3.09. The predicted octanol–water partition coefficient (Wildman–Crippen LogP) is 0.887. The van der Waals surface area contributed by atoms with E-state index >= 15 is 0 Å². The smallest absolute Gasteiger partial charge is 0.251 e. The molecule has 0 aromatic heterocycles. The zero-order valence-corrected chi connectivity index (χ0v) is 14.3. The number of carbonyl (C=O) groups excluding carboxylic acids is 1. The van der Waals surface area contributed by atoms with Crippen molar-refractivity contribution in [3.63, 3.8) is 0 Å². The lowest BCUT2D eigenvalue weighted by molar-refractivity contribution is 0.0950. The molecule has 1 unspecified atom stereocenters. The molecule has 1 saturated carbocycles. The van der Waals surface area contributed by atoms with E-state index in [2.05, 4.69) is 15.4 Å². The number of amides is 1. The number of likely N-dealkylation sites (N-methyl/N-ethyl adjacent to an activating group) is 1. The molecule has 8 heteroatoms. The van der Waals surface area contributed by atoms with E-state index in [4.69, 9.17) is 0 Å². The van der Waals surface area contributed by atoms with Crippen LogP contribution in [0.15, 0.2) is 29.2 Å². The first-order valence-corrected chi connectivity index (χ1v) is 8.48. The van der Waals surface area contributed by atoms with Crippen LogP contribution in [0.4, 0.5) is 0 Å². The Kier molecular flexibility index (Phi) is 6.80. The number of rotatable bonds is 7. The number of halogens is 1. The molecule has 0 radical (unpaired) electrons. The van der Waals surface area contributed by atoms with Gasteiger partial charge in [-0.1, -0.05) is 6.07 Å². The van der Waals surface area contributed by atoms with Crippen LogP contribution in [0, 0.1) is 0 Å². The predicted molar refractivity (Wildman–Crippen MR) is 87.9 cm³/mol. The number of hydrogen-bond donors (Lipinski definition) is 3. The number of hydrogen-bond acceptors (Lipinski definition) is 4. The third-order valence-corrected chi connectivity index (χ3v) is 4.89. The molecule has 2 rings (SSSR count). The topological polar surface area (TPSA) is 87.3 Å². The van der Waals surface area contributed by atoms with Crippen LogP contribution in [0.5, 0.6) is 0 Å². The van der Waals surface area contributed by atoms with Crippen LogP contribution in [0.2, 0.25) is 0 Å². The molecule has 1 aromatic rings. The van der Waals surface area contributed by atoms with E-state index in [0.29, 0.717) is 12.1 Å². The molecular formula is C14H22ClN3O3S. The number of carbonyl (C=O) groups is 1. The van der Waals surface area contributed by atoms with Gasteiger partial charge in [0.15, 0.2) is 0 Å². The average Bonchev–Trinajstić information content (AvgIpc) is 3.27. The van der Waals surface area contributed by atoms with Crippen molar-refractivity contribution >= 4 is 28.3 Å². The van der Waals surface area contributed by atoms with Crippen molar-refractivity contribution in [2.24, 2.45) is 0 Å². The molecule has 1 aliphatic rings. The highest BCUT2D eigenvalue weighted by Gasteiger charge is 2.28. The summed E-state index contributed by atoms with van der Waals surface area (Å²) in [5.74, 6) is -0.277. The molecule has 0 aliphatic heterocycles. The molecule has 1 atom stereocenters. The van der Waals surface area contributed by atoms with Crippen molar-refractivity contribution in [1.29, 1.82) is 0 Å². The van der Waals surface area contributed by atoms with Crippen LogP contribution in [0.25, 0.3) is 0 Å². The minimum Gasteiger partial charge on any atom is -0.350 e. The Morgan fingerprint density at radius 2 is 2.05 bits per heavy atom. The molecule has 3 N–H and O–H groups in total. The lowest BCUT2D eigenvalue weighted by Crippen LogP contribution is -2.37. The molecule has 6 nitrogen and oxygen atoms in total. The summed E-state index contributed by atoms with van der Waals surface area (Å²) in [7, 11) is -1.72. The SMILES string of the molecule is CNC(C)CNC(=O)c1cccc(S(=O)(=O)NC2CC2)c1.Cl. The molecule has 0 heterocycles. The molecule has 0 bridgehead atoms. The van der Waals surface area contributed by atoms with Crippen molar-refractivity contribution in [3.05, 3.63) is 29.8 Å². The maximum Gasteiger partial charge on any atom is 0.251 e. The Bertz CT molecular complexity index is 618. The molecule has 124 valence electrons. The molecule has 0 saturated heterocycles. The Morgan fingerprint density at radius 1 is 1.36 bits per heavy atom. The van der Waals surface area contributed by atoms with Gasteiger partial charge in [0.2, 0.25) is 10.0 Å². The van der Waals surface area contributed by atoms with E-state index < -0.39 is 10.0 Å². The van der Waals surface area contributed by atoms with Crippen molar-refractivity contribution in [3.8, 4) is 0 Å². The third-order valence-electron chi connectivity index (χ3n) is 3.37. The van der Waals surface area contributed by atoms with Gasteiger partial charge in [0.1, 0.15) is 0 Å². The van der Waals surface area contributed by atoms with Gasteiger partial charge in [-0.25, -0.2) is 13.1 Å². The summed E-state index contributed by atoms with van der Waals surface area (Å²) in [4.78, 5) is 12.2. The van der Waals surface area contributed by atoms with Crippen molar-refractivity contribution in [2.45, 2.75) is 36.7 Å². The van der Waals surface area contributed by atoms with Gasteiger partial charge in [-0.05, 0) is 45.0 Å². The van der Waals surface area contributed by atoms with Gasteiger partial charge in [-0.3, -0.25) is 4.79 Å². The zero-order valence-electron chi connectivity index (χ0n) is 12.6. The van der Waals surface area contributed by atoms with Gasteiger partial charge in [-0.2, -0.15) is 0 Å². The largest absolute Gasteiger partial charge is 0.350 e. The van der Waals surface area contributed by atoms with Crippen LogP contribution < -0.4 is 15.4 Å². The first kappa shape index (κ1) is 18.9. The standard InChI is InChI=1S/C14H21N3O3S.ClH/c1-10(15-2)9-16-14(18)11-4-3-5-13(8-11)21(19,20)17-12-6-7-12;/h3-5,8,10,12,15,17H,6-7,9H2,1-2H3,(H,16,18);1H. The number of benzene rings is 1. The highest BCUT2D eigenvalue weighted by atomic mass is 35.5. The summed E-state index contributed by atoms with van der Waals surface area (Å²) in [5, 5.41) is 5.78. The summed E-state index contributed by atoms with van der Waals surface area (Å²) in [6.07, 6.45) is 1.75. The van der Waals surface area contributed by atoms with Gasteiger partial charge in [0.25, 0.3) is 5.91 Å². The summed E-state index contributed by atoms with van der Waals surface area (Å²) < 4.78 is 26.8. The Morgan fingerprint density at radius 3 is 2.64 bits per heavy atom. The van der Waals surface area contributed by atoms with E-state index in [0.717, 1.165) is 12.8 Å². The number of sulfonamides is 1. The van der Waals surface area contributed by atoms with E-state index in [1.54, 1.807) is 12.1 Å². The van der Waals surface area contributed by atoms with Crippen molar-refractivity contribution in [2.75, 3.05) is 13.6 Å². The molecule has 1 aromatic carbocycles. The first-order chi connectivity index (χ1) is 9.92. The van der Waals surface area contributed by atoms with E-state index in [1.807, 2.05) is 14.0 Å². The molecule has 1 fully saturated rings. The van der Waals surface area contributed by atoms with Crippen LogP contribution in [-0.4, -0.2) is 40.0 Å². The lowest BCUT2D eigenvalue weighted by Gasteiger charge is -2.12. The highest BCUT2D eigenvalue weighted by Crippen LogP contribution is 2.22. The first-order valence-electron chi connectivity index (χ1n) is 7.00. The fourth-order valence-electron chi connectivity index (χ4n) is 1.74. The second-order valence-corrected chi connectivity index (χ2v) is 7.04. The van der Waals surface area contributed by atoms with Crippen molar-refractivity contribution < 1.29 is 13.2 Å². The average molecular weight is 348 g/mol. The van der Waals surface area contributed by atoms with Gasteiger partial charge >= 0.3 is 0 Å². The van der Waals surface area contributed by atoms with Gasteiger partial charge in [0, 0.05) is 24.2 Å². The zero-order chi connectivity index (χ0) is 15.5. The summed E-state index contributed by atoms with van der Waals surface area (Å²) in [5.41, 5.74) is 0.344. The maximum absolute atomic E-state index is 12.1. The summed E-state index contributed by atoms with van der Waals surface area (Å²) in [6, 6.07) is 6.29. The molecule has 1 aliphatic carbocycles. The van der Waals surface area contributed by atoms with Gasteiger partial charge in [-0.15, -0.1) is 12.4 Å². The van der Waals surface area contributed by atoms with E-state index in [-0.39, 0.29) is 35.3 Å². The summed E-state index contributed by atoms with van der Waals surface area (Å²) in [6.45, 7) is 2.42. The summed E-state index contributed by atoms with van der Waals surface area (Å²) >= 11 is 0. The highest BCUT2D eigenvalue weighted by molar-refractivity contribution is 7.89. The molecule has 0 spiro atoms. The van der Waals surface area contributed by atoms with Gasteiger partial charge in [0.05, 0.1) is 4.90 Å². The normalized spacial score (nSPS) is 15.7. The second kappa shape index (κ2) is 7.92. The molecule has 22 heavy (non-hydrogen) atoms.